The molecule has 0 aliphatic carbocycles. The molecular formula is C20H12F4N6O. The second-order valence-electron chi connectivity index (χ2n) is 6.42. The minimum absolute atomic E-state index is 0.261. The molecule has 156 valence electrons. The van der Waals surface area contributed by atoms with Crippen LogP contribution in [0.4, 0.5) is 29.1 Å². The maximum Gasteiger partial charge on any atom is 0.573 e. The van der Waals surface area contributed by atoms with E-state index in [1.54, 1.807) is 6.92 Å². The molecule has 0 fully saturated rings. The normalized spacial score (nSPS) is 11.4. The average Bonchev–Trinajstić information content (AvgIpc) is 3.03. The Hall–Kier alpha value is -4.20. The molecule has 0 bridgehead atoms. The molecule has 0 atom stereocenters. The first-order chi connectivity index (χ1) is 14.7. The van der Waals surface area contributed by atoms with Crippen LogP contribution in [-0.4, -0.2) is 25.7 Å². The number of pyridine rings is 1. The number of halogens is 4. The smallest absolute Gasteiger partial charge is 0.406 e. The number of alkyl halides is 3. The van der Waals surface area contributed by atoms with Gasteiger partial charge in [-0.05, 0) is 43.3 Å². The zero-order valence-electron chi connectivity index (χ0n) is 15.8. The minimum Gasteiger partial charge on any atom is -0.406 e. The highest BCUT2D eigenvalue weighted by Crippen LogP contribution is 2.28. The van der Waals surface area contributed by atoms with Gasteiger partial charge in [0.25, 0.3) is 0 Å². The number of aromatic nitrogens is 4. The standard InChI is InChI=1S/C20H12F4N6O/c1-11-18(30-10-13(21)9-26-19(30)27-11)16-6-12(8-25)7-17(29-16)28-14-2-4-15(5-3-14)31-20(22,23)24/h2-7,9-10H,1H3,(H,28,29). The lowest BCUT2D eigenvalue weighted by Gasteiger charge is -2.11. The van der Waals surface area contributed by atoms with Crippen LogP contribution in [0.15, 0.2) is 48.8 Å². The molecule has 3 heterocycles. The number of imidazole rings is 1. The molecule has 0 radical (unpaired) electrons. The van der Waals surface area contributed by atoms with Gasteiger partial charge in [0.05, 0.1) is 41.1 Å². The van der Waals surface area contributed by atoms with Gasteiger partial charge in [-0.25, -0.2) is 19.3 Å². The summed E-state index contributed by atoms with van der Waals surface area (Å²) in [6.45, 7) is 1.70. The Kier molecular flexibility index (Phi) is 4.90. The van der Waals surface area contributed by atoms with E-state index in [0.29, 0.717) is 22.8 Å². The average molecular weight is 428 g/mol. The fraction of sp³-hybridized carbons (Fsp3) is 0.100. The van der Waals surface area contributed by atoms with E-state index in [1.807, 2.05) is 6.07 Å². The summed E-state index contributed by atoms with van der Waals surface area (Å²) < 4.78 is 55.9. The van der Waals surface area contributed by atoms with Gasteiger partial charge < -0.3 is 10.1 Å². The SMILES string of the molecule is Cc1nc2ncc(F)cn2c1-c1cc(C#N)cc(Nc2ccc(OC(F)(F)F)cc2)n1. The molecule has 0 amide bonds. The number of hydrogen-bond acceptors (Lipinski definition) is 6. The van der Waals surface area contributed by atoms with Crippen LogP contribution in [0.2, 0.25) is 0 Å². The molecule has 0 saturated carbocycles. The third-order valence-electron chi connectivity index (χ3n) is 4.18. The molecule has 0 aliphatic rings. The number of ether oxygens (including phenoxy) is 1. The molecule has 0 spiro atoms. The summed E-state index contributed by atoms with van der Waals surface area (Å²) in [5.41, 5.74) is 2.02. The molecule has 0 saturated heterocycles. The second kappa shape index (κ2) is 7.56. The molecular weight excluding hydrogens is 416 g/mol. The van der Waals surface area contributed by atoms with Gasteiger partial charge in [0.2, 0.25) is 5.78 Å². The van der Waals surface area contributed by atoms with Gasteiger partial charge in [0, 0.05) is 5.69 Å². The lowest BCUT2D eigenvalue weighted by molar-refractivity contribution is -0.274. The summed E-state index contributed by atoms with van der Waals surface area (Å²) in [5, 5.41) is 12.3. The highest BCUT2D eigenvalue weighted by molar-refractivity contribution is 5.68. The molecule has 11 heteroatoms. The van der Waals surface area contributed by atoms with Crippen molar-refractivity contribution in [2.24, 2.45) is 0 Å². The lowest BCUT2D eigenvalue weighted by Crippen LogP contribution is -2.16. The summed E-state index contributed by atoms with van der Waals surface area (Å²) in [6, 6.07) is 10.1. The van der Waals surface area contributed by atoms with Crippen molar-refractivity contribution in [2.45, 2.75) is 13.3 Å². The van der Waals surface area contributed by atoms with Crippen LogP contribution < -0.4 is 10.1 Å². The number of benzene rings is 1. The Morgan fingerprint density at radius 2 is 1.87 bits per heavy atom. The maximum atomic E-state index is 13.7. The number of rotatable bonds is 4. The van der Waals surface area contributed by atoms with E-state index in [4.69, 9.17) is 0 Å². The first-order valence-electron chi connectivity index (χ1n) is 8.77. The number of nitrogens with zero attached hydrogens (tertiary/aromatic N) is 5. The molecule has 7 nitrogen and oxygen atoms in total. The monoisotopic (exact) mass is 428 g/mol. The van der Waals surface area contributed by atoms with Gasteiger partial charge in [0.15, 0.2) is 5.82 Å². The molecule has 3 aromatic heterocycles. The fourth-order valence-electron chi connectivity index (χ4n) is 3.00. The molecule has 0 aliphatic heterocycles. The van der Waals surface area contributed by atoms with E-state index < -0.39 is 12.2 Å². The fourth-order valence-corrected chi connectivity index (χ4v) is 3.00. The molecule has 31 heavy (non-hydrogen) atoms. The van der Waals surface area contributed by atoms with Crippen molar-refractivity contribution < 1.29 is 22.3 Å². The predicted molar refractivity (Wildman–Crippen MR) is 102 cm³/mol. The Morgan fingerprint density at radius 1 is 1.13 bits per heavy atom. The molecule has 4 aromatic rings. The van der Waals surface area contributed by atoms with E-state index in [0.717, 1.165) is 18.3 Å². The van der Waals surface area contributed by atoms with Crippen LogP contribution in [0.5, 0.6) is 5.75 Å². The van der Waals surface area contributed by atoms with Crippen LogP contribution >= 0.6 is 0 Å². The second-order valence-corrected chi connectivity index (χ2v) is 6.42. The van der Waals surface area contributed by atoms with E-state index in [-0.39, 0.29) is 22.9 Å². The quantitative estimate of drug-likeness (QED) is 0.472. The molecule has 1 aromatic carbocycles. The van der Waals surface area contributed by atoms with Crippen molar-refractivity contribution in [3.05, 3.63) is 65.9 Å². The van der Waals surface area contributed by atoms with E-state index in [2.05, 4.69) is 25.0 Å². The number of nitriles is 1. The highest BCUT2D eigenvalue weighted by atomic mass is 19.4. The Morgan fingerprint density at radius 3 is 2.55 bits per heavy atom. The summed E-state index contributed by atoms with van der Waals surface area (Å²) in [7, 11) is 0. The number of fused-ring (bicyclic) bond motifs is 1. The van der Waals surface area contributed by atoms with Gasteiger partial charge in [-0.15, -0.1) is 13.2 Å². The Balaban J connectivity index is 1.70. The van der Waals surface area contributed by atoms with E-state index >= 15 is 0 Å². The highest BCUT2D eigenvalue weighted by Gasteiger charge is 2.31. The van der Waals surface area contributed by atoms with Crippen molar-refractivity contribution in [1.82, 2.24) is 19.4 Å². The Bertz CT molecular complexity index is 1310. The van der Waals surface area contributed by atoms with Crippen LogP contribution in [0.1, 0.15) is 11.3 Å². The first-order valence-corrected chi connectivity index (χ1v) is 8.77. The molecule has 1 N–H and O–H groups in total. The Labute approximate surface area is 172 Å². The zero-order valence-corrected chi connectivity index (χ0v) is 15.8. The summed E-state index contributed by atoms with van der Waals surface area (Å²) in [6.07, 6.45) is -2.53. The molecule has 0 unspecified atom stereocenters. The van der Waals surface area contributed by atoms with E-state index in [1.165, 1.54) is 34.9 Å². The summed E-state index contributed by atoms with van der Waals surface area (Å²) in [4.78, 5) is 12.7. The largest absolute Gasteiger partial charge is 0.573 e. The minimum atomic E-state index is -4.78. The van der Waals surface area contributed by atoms with Crippen molar-refractivity contribution in [3.8, 4) is 23.2 Å². The zero-order chi connectivity index (χ0) is 22.2. The third kappa shape index (κ3) is 4.37. The number of hydrogen-bond donors (Lipinski definition) is 1. The van der Waals surface area contributed by atoms with Gasteiger partial charge >= 0.3 is 6.36 Å². The van der Waals surface area contributed by atoms with Gasteiger partial charge in [-0.1, -0.05) is 0 Å². The summed E-state index contributed by atoms with van der Waals surface area (Å²) >= 11 is 0. The topological polar surface area (TPSA) is 88.1 Å². The van der Waals surface area contributed by atoms with Gasteiger partial charge in [-0.3, -0.25) is 4.40 Å². The predicted octanol–water partition coefficient (Wildman–Crippen LogP) is 4.75. The first kappa shape index (κ1) is 20.1. The van der Waals surface area contributed by atoms with Gasteiger partial charge in [0.1, 0.15) is 11.6 Å². The van der Waals surface area contributed by atoms with Crippen molar-refractivity contribution >= 4 is 17.3 Å². The summed E-state index contributed by atoms with van der Waals surface area (Å²) in [5.74, 6) is -0.402. The molecule has 4 rings (SSSR count). The van der Waals surface area contributed by atoms with Gasteiger partial charge in [-0.2, -0.15) is 5.26 Å². The van der Waals surface area contributed by atoms with Crippen molar-refractivity contribution in [2.75, 3.05) is 5.32 Å². The third-order valence-corrected chi connectivity index (χ3v) is 4.18. The number of anilines is 2. The van der Waals surface area contributed by atoms with Crippen LogP contribution in [-0.2, 0) is 0 Å². The number of aryl methyl sites for hydroxylation is 1. The van der Waals surface area contributed by atoms with Crippen LogP contribution in [0.25, 0.3) is 17.2 Å². The van der Waals surface area contributed by atoms with Crippen LogP contribution in [0.3, 0.4) is 0 Å². The van der Waals surface area contributed by atoms with Crippen molar-refractivity contribution in [3.63, 3.8) is 0 Å². The number of nitrogens with one attached hydrogen (secondary N) is 1. The van der Waals surface area contributed by atoms with Crippen molar-refractivity contribution in [1.29, 1.82) is 5.26 Å². The van der Waals surface area contributed by atoms with Crippen LogP contribution in [0, 0.1) is 24.1 Å². The lowest BCUT2D eigenvalue weighted by atomic mass is 10.1. The maximum absolute atomic E-state index is 13.7. The van der Waals surface area contributed by atoms with E-state index in [9.17, 15) is 22.8 Å².